The minimum absolute atomic E-state index is 0.0627. The number of benzene rings is 1. The number of hydrogen-bond donors (Lipinski definition) is 3. The van der Waals surface area contributed by atoms with E-state index < -0.39 is 0 Å². The van der Waals surface area contributed by atoms with Crippen molar-refractivity contribution in [3.63, 3.8) is 0 Å². The van der Waals surface area contributed by atoms with Gasteiger partial charge in [-0.05, 0) is 24.3 Å². The first-order valence-corrected chi connectivity index (χ1v) is 12.4. The number of anilines is 1. The average Bonchev–Trinajstić information content (AvgIpc) is 3.57. The van der Waals surface area contributed by atoms with E-state index in [0.717, 1.165) is 22.0 Å². The summed E-state index contributed by atoms with van der Waals surface area (Å²) < 4.78 is 5.39. The van der Waals surface area contributed by atoms with Crippen molar-refractivity contribution in [2.24, 2.45) is 5.92 Å². The molecule has 0 atom stereocenters. The molecule has 4 aromatic heterocycles. The quantitative estimate of drug-likeness (QED) is 0.328. The molecule has 6 rings (SSSR count). The molecule has 1 aliphatic heterocycles. The first-order chi connectivity index (χ1) is 18.5. The van der Waals surface area contributed by atoms with Crippen molar-refractivity contribution in [1.82, 2.24) is 35.0 Å². The maximum Gasteiger partial charge on any atom is 0.256 e. The van der Waals surface area contributed by atoms with Crippen LogP contribution >= 0.6 is 0 Å². The number of pyridine rings is 2. The zero-order valence-electron chi connectivity index (χ0n) is 21.0. The third-order valence-electron chi connectivity index (χ3n) is 6.55. The van der Waals surface area contributed by atoms with E-state index in [1.807, 2.05) is 38.1 Å². The average molecular weight is 511 g/mol. The third kappa shape index (κ3) is 4.37. The number of aromatic nitrogens is 6. The van der Waals surface area contributed by atoms with E-state index in [0.29, 0.717) is 60.2 Å². The van der Waals surface area contributed by atoms with Crippen LogP contribution < -0.4 is 5.32 Å². The fraction of sp³-hybridized carbons (Fsp3) is 0.259. The van der Waals surface area contributed by atoms with Crippen LogP contribution in [-0.2, 0) is 9.53 Å². The molecule has 192 valence electrons. The summed E-state index contributed by atoms with van der Waals surface area (Å²) in [6.45, 7) is 5.86. The van der Waals surface area contributed by atoms with E-state index in [1.165, 1.54) is 0 Å². The lowest BCUT2D eigenvalue weighted by molar-refractivity contribution is -0.118. The second-order valence-electron chi connectivity index (χ2n) is 9.49. The Hall–Kier alpha value is -4.64. The minimum atomic E-state index is -0.140. The van der Waals surface area contributed by atoms with Crippen LogP contribution in [0.15, 0.2) is 48.9 Å². The van der Waals surface area contributed by atoms with Gasteiger partial charge in [0.1, 0.15) is 11.2 Å². The fourth-order valence-electron chi connectivity index (χ4n) is 4.45. The smallest absolute Gasteiger partial charge is 0.256 e. The molecule has 1 aliphatic rings. The number of nitrogens with one attached hydrogen (secondary N) is 3. The summed E-state index contributed by atoms with van der Waals surface area (Å²) in [5.41, 5.74) is 5.32. The Morgan fingerprint density at radius 3 is 2.71 bits per heavy atom. The molecule has 0 bridgehead atoms. The molecular formula is C27H26N8O3. The van der Waals surface area contributed by atoms with Gasteiger partial charge in [0.15, 0.2) is 11.5 Å². The van der Waals surface area contributed by atoms with Crippen LogP contribution in [0.2, 0.25) is 0 Å². The number of ether oxygens (including phenoxy) is 1. The number of imidazole rings is 1. The van der Waals surface area contributed by atoms with E-state index >= 15 is 0 Å². The summed E-state index contributed by atoms with van der Waals surface area (Å²) in [4.78, 5) is 44.0. The topological polar surface area (TPSA) is 142 Å². The third-order valence-corrected chi connectivity index (χ3v) is 6.55. The highest BCUT2D eigenvalue weighted by atomic mass is 16.5. The number of nitrogens with zero attached hydrogens (tertiary/aromatic N) is 5. The largest absolute Gasteiger partial charge is 0.378 e. The molecule has 0 radical (unpaired) electrons. The van der Waals surface area contributed by atoms with Crippen LogP contribution in [0.1, 0.15) is 24.2 Å². The molecule has 1 saturated heterocycles. The minimum Gasteiger partial charge on any atom is -0.378 e. The summed E-state index contributed by atoms with van der Waals surface area (Å²) in [5.74, 6) is 0.275. The van der Waals surface area contributed by atoms with Crippen molar-refractivity contribution < 1.29 is 14.3 Å². The number of fused-ring (bicyclic) bond motifs is 2. The van der Waals surface area contributed by atoms with Gasteiger partial charge in [-0.2, -0.15) is 5.10 Å². The monoisotopic (exact) mass is 510 g/mol. The predicted molar refractivity (Wildman–Crippen MR) is 142 cm³/mol. The Bertz CT molecular complexity index is 1670. The zero-order chi connectivity index (χ0) is 26.2. The highest BCUT2D eigenvalue weighted by Crippen LogP contribution is 2.30. The summed E-state index contributed by atoms with van der Waals surface area (Å²) in [6.07, 6.45) is 5.05. The van der Waals surface area contributed by atoms with Crippen LogP contribution in [-0.4, -0.2) is 73.2 Å². The highest BCUT2D eigenvalue weighted by molar-refractivity contribution is 6.06. The maximum atomic E-state index is 13.2. The molecule has 0 aliphatic carbocycles. The number of amides is 2. The maximum absolute atomic E-state index is 13.2. The molecule has 0 unspecified atom stereocenters. The van der Waals surface area contributed by atoms with Gasteiger partial charge in [-0.1, -0.05) is 19.9 Å². The van der Waals surface area contributed by atoms with Gasteiger partial charge in [0.25, 0.3) is 5.91 Å². The van der Waals surface area contributed by atoms with Gasteiger partial charge in [0.2, 0.25) is 5.91 Å². The molecule has 0 spiro atoms. The van der Waals surface area contributed by atoms with Crippen molar-refractivity contribution in [3.8, 4) is 22.6 Å². The molecule has 3 N–H and O–H groups in total. The van der Waals surface area contributed by atoms with Gasteiger partial charge in [0, 0.05) is 42.5 Å². The van der Waals surface area contributed by atoms with Crippen LogP contribution in [0.25, 0.3) is 44.7 Å². The molecule has 5 heterocycles. The van der Waals surface area contributed by atoms with Gasteiger partial charge >= 0.3 is 0 Å². The molecule has 0 saturated carbocycles. The Labute approximate surface area is 217 Å². The van der Waals surface area contributed by atoms with E-state index in [4.69, 9.17) is 9.72 Å². The first kappa shape index (κ1) is 23.7. The molecule has 1 fully saturated rings. The Kier molecular flexibility index (Phi) is 6.04. The highest BCUT2D eigenvalue weighted by Gasteiger charge is 2.23. The molecule has 11 nitrogen and oxygen atoms in total. The lowest BCUT2D eigenvalue weighted by Crippen LogP contribution is -2.40. The Morgan fingerprint density at radius 1 is 1.08 bits per heavy atom. The van der Waals surface area contributed by atoms with Crippen molar-refractivity contribution in [3.05, 3.63) is 54.5 Å². The van der Waals surface area contributed by atoms with Gasteiger partial charge in [-0.3, -0.25) is 19.7 Å². The Balaban J connectivity index is 1.36. The van der Waals surface area contributed by atoms with Gasteiger partial charge in [-0.15, -0.1) is 0 Å². The van der Waals surface area contributed by atoms with E-state index in [2.05, 4.69) is 30.5 Å². The first-order valence-electron chi connectivity index (χ1n) is 12.4. The van der Waals surface area contributed by atoms with Crippen LogP contribution in [0.5, 0.6) is 0 Å². The standard InChI is InChI=1S/C27H26N8O3/c1-15(2)26(36)30-18-10-16(12-28-14-18)17-11-20-23(33-34-24(20)29-13-17)25-31-21-5-3-4-19(22(21)32-25)27(37)35-6-8-38-9-7-35/h3-5,10-15H,6-9H2,1-2H3,(H,30,36)(H,31,32)(H,29,33,34). The molecule has 2 amide bonds. The van der Waals surface area contributed by atoms with Crippen LogP contribution in [0.3, 0.4) is 0 Å². The number of aromatic amines is 2. The number of carbonyl (C=O) groups excluding carboxylic acids is 2. The van der Waals surface area contributed by atoms with Crippen molar-refractivity contribution in [1.29, 1.82) is 0 Å². The zero-order valence-corrected chi connectivity index (χ0v) is 21.0. The van der Waals surface area contributed by atoms with Gasteiger partial charge in [0.05, 0.1) is 41.6 Å². The SMILES string of the molecule is CC(C)C(=O)Nc1cncc(-c2cnc3n[nH]c(-c4nc5c(C(=O)N6CCOCC6)cccc5[nH]4)c3c2)c1. The second-order valence-corrected chi connectivity index (χ2v) is 9.49. The fourth-order valence-corrected chi connectivity index (χ4v) is 4.45. The summed E-state index contributed by atoms with van der Waals surface area (Å²) in [5, 5.41) is 11.0. The number of morpholine rings is 1. The van der Waals surface area contributed by atoms with Crippen molar-refractivity contribution in [2.45, 2.75) is 13.8 Å². The van der Waals surface area contributed by atoms with Crippen LogP contribution in [0, 0.1) is 5.92 Å². The lowest BCUT2D eigenvalue weighted by Gasteiger charge is -2.26. The van der Waals surface area contributed by atoms with Gasteiger partial charge < -0.3 is 19.9 Å². The lowest BCUT2D eigenvalue weighted by atomic mass is 10.1. The number of rotatable bonds is 5. The predicted octanol–water partition coefficient (Wildman–Crippen LogP) is 3.63. The van der Waals surface area contributed by atoms with E-state index in [-0.39, 0.29) is 17.7 Å². The molecule has 11 heteroatoms. The van der Waals surface area contributed by atoms with Gasteiger partial charge in [-0.25, -0.2) is 9.97 Å². The number of carbonyl (C=O) groups is 2. The molecule has 38 heavy (non-hydrogen) atoms. The summed E-state index contributed by atoms with van der Waals surface area (Å²) in [6, 6.07) is 9.36. The van der Waals surface area contributed by atoms with E-state index in [1.54, 1.807) is 29.6 Å². The normalized spacial score (nSPS) is 13.9. The number of para-hydroxylation sites is 1. The molecule has 1 aromatic carbocycles. The second kappa shape index (κ2) is 9.67. The molecule has 5 aromatic rings. The van der Waals surface area contributed by atoms with Crippen molar-refractivity contribution >= 4 is 39.6 Å². The number of H-pyrrole nitrogens is 2. The van der Waals surface area contributed by atoms with Crippen molar-refractivity contribution in [2.75, 3.05) is 31.6 Å². The summed E-state index contributed by atoms with van der Waals surface area (Å²) >= 11 is 0. The summed E-state index contributed by atoms with van der Waals surface area (Å²) in [7, 11) is 0. The molecular weight excluding hydrogens is 484 g/mol. The van der Waals surface area contributed by atoms with E-state index in [9.17, 15) is 9.59 Å². The Morgan fingerprint density at radius 2 is 1.89 bits per heavy atom. The number of hydrogen-bond acceptors (Lipinski definition) is 7. The van der Waals surface area contributed by atoms with Crippen LogP contribution in [0.4, 0.5) is 5.69 Å².